The van der Waals surface area contributed by atoms with Crippen LogP contribution in [0.5, 0.6) is 0 Å². The second-order valence-corrected chi connectivity index (χ2v) is 3.97. The number of hydrogen-bond donors (Lipinski definition) is 0. The van der Waals surface area contributed by atoms with Crippen molar-refractivity contribution in [2.45, 2.75) is 51.5 Å². The molecule has 0 saturated heterocycles. The third-order valence-corrected chi connectivity index (χ3v) is 2.82. The fourth-order valence-electron chi connectivity index (χ4n) is 2.00. The molecule has 0 amide bonds. The molecule has 13 heavy (non-hydrogen) atoms. The fraction of sp³-hybridized carbons (Fsp3) is 1.00. The Hall–Kier alpha value is -0.250. The molecular weight excluding hydrogens is 181 g/mol. The highest BCUT2D eigenvalue weighted by atomic mass is 19.4. The van der Waals surface area contributed by atoms with Gasteiger partial charge in [-0.1, -0.05) is 26.7 Å². The van der Waals surface area contributed by atoms with E-state index in [1.54, 1.807) is 13.8 Å². The van der Waals surface area contributed by atoms with Gasteiger partial charge < -0.3 is 0 Å². The van der Waals surface area contributed by atoms with Gasteiger partial charge in [0.05, 0.1) is 5.60 Å². The molecule has 0 spiro atoms. The van der Waals surface area contributed by atoms with Crippen molar-refractivity contribution in [1.82, 2.24) is 0 Å². The van der Waals surface area contributed by atoms with Crippen LogP contribution >= 0.6 is 0 Å². The van der Waals surface area contributed by atoms with Crippen LogP contribution in [0.15, 0.2) is 0 Å². The minimum Gasteiger partial charge on any atom is -0.285 e. The molecule has 1 aliphatic carbocycles. The lowest BCUT2D eigenvalue weighted by atomic mass is 9.88. The molecular formula is C9H15F3O. The molecule has 0 bridgehead atoms. The van der Waals surface area contributed by atoms with Crippen LogP contribution in [0.25, 0.3) is 0 Å². The van der Waals surface area contributed by atoms with E-state index in [0.717, 1.165) is 12.8 Å². The van der Waals surface area contributed by atoms with E-state index in [0.29, 0.717) is 12.8 Å². The number of ether oxygens (including phenoxy) is 1. The highest BCUT2D eigenvalue weighted by Gasteiger charge is 2.47. The fourth-order valence-corrected chi connectivity index (χ4v) is 2.00. The zero-order valence-electron chi connectivity index (χ0n) is 7.95. The molecule has 0 radical (unpaired) electrons. The zero-order chi connectivity index (χ0) is 10.1. The maximum atomic E-state index is 12.1. The Kier molecular flexibility index (Phi) is 2.90. The number of rotatable bonds is 2. The quantitative estimate of drug-likeness (QED) is 0.656. The summed E-state index contributed by atoms with van der Waals surface area (Å²) in [5.74, 6) is -0.0726. The van der Waals surface area contributed by atoms with E-state index in [1.165, 1.54) is 0 Å². The van der Waals surface area contributed by atoms with Gasteiger partial charge in [-0.15, -0.1) is 13.2 Å². The SMILES string of the molecule is CC(C)C1(OC(F)(F)F)CCCC1. The van der Waals surface area contributed by atoms with Gasteiger partial charge in [-0.25, -0.2) is 0 Å². The van der Waals surface area contributed by atoms with Gasteiger partial charge in [0, 0.05) is 0 Å². The molecule has 0 aromatic rings. The molecule has 1 rings (SSSR count). The zero-order valence-corrected chi connectivity index (χ0v) is 7.95. The van der Waals surface area contributed by atoms with E-state index in [9.17, 15) is 13.2 Å². The molecule has 1 saturated carbocycles. The summed E-state index contributed by atoms with van der Waals surface area (Å²) in [6.07, 6.45) is -1.74. The van der Waals surface area contributed by atoms with Crippen molar-refractivity contribution in [3.05, 3.63) is 0 Å². The van der Waals surface area contributed by atoms with Gasteiger partial charge in [0.15, 0.2) is 0 Å². The van der Waals surface area contributed by atoms with E-state index >= 15 is 0 Å². The highest BCUT2D eigenvalue weighted by Crippen LogP contribution is 2.43. The normalized spacial score (nSPS) is 22.6. The molecule has 1 nitrogen and oxygen atoms in total. The minimum atomic E-state index is -4.49. The molecule has 0 N–H and O–H groups in total. The van der Waals surface area contributed by atoms with Crippen LogP contribution in [0, 0.1) is 5.92 Å². The summed E-state index contributed by atoms with van der Waals surface area (Å²) in [5.41, 5.74) is -0.946. The van der Waals surface area contributed by atoms with Crippen LogP contribution in [-0.4, -0.2) is 12.0 Å². The van der Waals surface area contributed by atoms with Gasteiger partial charge in [0.2, 0.25) is 0 Å². The first-order valence-electron chi connectivity index (χ1n) is 4.63. The van der Waals surface area contributed by atoms with E-state index in [2.05, 4.69) is 4.74 Å². The Morgan fingerprint density at radius 3 is 1.92 bits per heavy atom. The Labute approximate surface area is 76.3 Å². The van der Waals surface area contributed by atoms with Crippen LogP contribution in [-0.2, 0) is 4.74 Å². The van der Waals surface area contributed by atoms with E-state index in [1.807, 2.05) is 0 Å². The lowest BCUT2D eigenvalue weighted by molar-refractivity contribution is -0.372. The molecule has 0 aromatic carbocycles. The average molecular weight is 196 g/mol. The molecule has 0 aliphatic heterocycles. The Morgan fingerprint density at radius 2 is 1.62 bits per heavy atom. The van der Waals surface area contributed by atoms with Gasteiger partial charge in [-0.05, 0) is 18.8 Å². The first kappa shape index (κ1) is 10.8. The van der Waals surface area contributed by atoms with Crippen LogP contribution in [0.3, 0.4) is 0 Å². The lowest BCUT2D eigenvalue weighted by Gasteiger charge is -2.33. The summed E-state index contributed by atoms with van der Waals surface area (Å²) in [7, 11) is 0. The maximum Gasteiger partial charge on any atom is 0.523 e. The minimum absolute atomic E-state index is 0.0726. The number of hydrogen-bond acceptors (Lipinski definition) is 1. The second kappa shape index (κ2) is 3.48. The van der Waals surface area contributed by atoms with Crippen molar-refractivity contribution < 1.29 is 17.9 Å². The van der Waals surface area contributed by atoms with Crippen molar-refractivity contribution in [3.8, 4) is 0 Å². The van der Waals surface area contributed by atoms with Gasteiger partial charge in [0.25, 0.3) is 0 Å². The Bertz CT molecular complexity index is 168. The molecule has 0 heterocycles. The Balaban J connectivity index is 2.68. The van der Waals surface area contributed by atoms with E-state index in [4.69, 9.17) is 0 Å². The van der Waals surface area contributed by atoms with Crippen LogP contribution in [0.4, 0.5) is 13.2 Å². The van der Waals surface area contributed by atoms with E-state index in [-0.39, 0.29) is 5.92 Å². The van der Waals surface area contributed by atoms with Crippen molar-refractivity contribution >= 4 is 0 Å². The van der Waals surface area contributed by atoms with Crippen molar-refractivity contribution in [1.29, 1.82) is 0 Å². The summed E-state index contributed by atoms with van der Waals surface area (Å²) in [4.78, 5) is 0. The molecule has 0 atom stereocenters. The third kappa shape index (κ3) is 2.59. The van der Waals surface area contributed by atoms with E-state index < -0.39 is 12.0 Å². The molecule has 78 valence electrons. The lowest BCUT2D eigenvalue weighted by Crippen LogP contribution is -2.40. The molecule has 4 heteroatoms. The molecule has 1 fully saturated rings. The Morgan fingerprint density at radius 1 is 1.15 bits per heavy atom. The predicted octanol–water partition coefficient (Wildman–Crippen LogP) is 3.49. The van der Waals surface area contributed by atoms with Crippen LogP contribution < -0.4 is 0 Å². The van der Waals surface area contributed by atoms with Crippen LogP contribution in [0.1, 0.15) is 39.5 Å². The summed E-state index contributed by atoms with van der Waals surface area (Å²) in [6.45, 7) is 3.58. The summed E-state index contributed by atoms with van der Waals surface area (Å²) in [6, 6.07) is 0. The number of halogens is 3. The second-order valence-electron chi connectivity index (χ2n) is 3.97. The summed E-state index contributed by atoms with van der Waals surface area (Å²) < 4.78 is 40.5. The smallest absolute Gasteiger partial charge is 0.285 e. The largest absolute Gasteiger partial charge is 0.523 e. The van der Waals surface area contributed by atoms with Gasteiger partial charge in [-0.2, -0.15) is 0 Å². The first-order valence-corrected chi connectivity index (χ1v) is 4.63. The first-order chi connectivity index (χ1) is 5.86. The van der Waals surface area contributed by atoms with Gasteiger partial charge >= 0.3 is 6.36 Å². The van der Waals surface area contributed by atoms with Crippen molar-refractivity contribution in [2.24, 2.45) is 5.92 Å². The van der Waals surface area contributed by atoms with Gasteiger partial charge in [0.1, 0.15) is 0 Å². The van der Waals surface area contributed by atoms with Crippen molar-refractivity contribution in [3.63, 3.8) is 0 Å². The van der Waals surface area contributed by atoms with Gasteiger partial charge in [-0.3, -0.25) is 4.74 Å². The summed E-state index contributed by atoms with van der Waals surface area (Å²) >= 11 is 0. The van der Waals surface area contributed by atoms with Crippen molar-refractivity contribution in [2.75, 3.05) is 0 Å². The molecule has 1 aliphatic rings. The molecule has 0 unspecified atom stereocenters. The topological polar surface area (TPSA) is 9.23 Å². The summed E-state index contributed by atoms with van der Waals surface area (Å²) in [5, 5.41) is 0. The molecule has 0 aromatic heterocycles. The monoisotopic (exact) mass is 196 g/mol. The highest BCUT2D eigenvalue weighted by molar-refractivity contribution is 4.89. The predicted molar refractivity (Wildman–Crippen MR) is 43.2 cm³/mol. The standard InChI is InChI=1S/C9H15F3O/c1-7(2)8(5-3-4-6-8)13-9(10,11)12/h7H,3-6H2,1-2H3. The average Bonchev–Trinajstić information content (AvgIpc) is 2.33. The number of alkyl halides is 3. The van der Waals surface area contributed by atoms with Crippen LogP contribution in [0.2, 0.25) is 0 Å². The maximum absolute atomic E-state index is 12.1. The third-order valence-electron chi connectivity index (χ3n) is 2.82.